The molecule has 1 heterocycles. The van der Waals surface area contributed by atoms with Gasteiger partial charge in [0.15, 0.2) is 0 Å². The highest BCUT2D eigenvalue weighted by Crippen LogP contribution is 2.19. The van der Waals surface area contributed by atoms with Crippen molar-refractivity contribution in [1.82, 2.24) is 4.90 Å². The zero-order valence-electron chi connectivity index (χ0n) is 12.1. The second kappa shape index (κ2) is 6.52. The van der Waals surface area contributed by atoms with Gasteiger partial charge in [-0.15, -0.1) is 0 Å². The average molecular weight is 294 g/mol. The summed E-state index contributed by atoms with van der Waals surface area (Å²) in [5.41, 5.74) is 6.51. The lowest BCUT2D eigenvalue weighted by Gasteiger charge is -2.41. The Morgan fingerprint density at radius 2 is 2.10 bits per heavy atom. The van der Waals surface area contributed by atoms with E-state index in [9.17, 15) is 0 Å². The van der Waals surface area contributed by atoms with Crippen molar-refractivity contribution in [1.29, 1.82) is 0 Å². The van der Waals surface area contributed by atoms with Gasteiger partial charge in [-0.2, -0.15) is 0 Å². The Bertz CT molecular complexity index is 459. The lowest BCUT2D eigenvalue weighted by atomic mass is 10.0. The normalized spacial score (nSPS) is 18.7. The van der Waals surface area contributed by atoms with E-state index < -0.39 is 0 Å². The zero-order valence-corrected chi connectivity index (χ0v) is 12.9. The Morgan fingerprint density at radius 3 is 2.70 bits per heavy atom. The van der Waals surface area contributed by atoms with Crippen molar-refractivity contribution in [2.45, 2.75) is 19.4 Å². The van der Waals surface area contributed by atoms with Gasteiger partial charge in [-0.05, 0) is 38.1 Å². The molecule has 1 fully saturated rings. The molecular weight excluding hydrogens is 272 g/mol. The van der Waals surface area contributed by atoms with Crippen molar-refractivity contribution in [2.24, 2.45) is 5.73 Å². The summed E-state index contributed by atoms with van der Waals surface area (Å²) in [5, 5.41) is 0. The van der Waals surface area contributed by atoms with Crippen LogP contribution in [0.25, 0.3) is 0 Å². The van der Waals surface area contributed by atoms with E-state index in [1.165, 1.54) is 0 Å². The molecule has 4 nitrogen and oxygen atoms in total. The average Bonchev–Trinajstić information content (AvgIpc) is 2.41. The van der Waals surface area contributed by atoms with Crippen LogP contribution in [0.2, 0.25) is 0 Å². The molecule has 20 heavy (non-hydrogen) atoms. The third-order valence-electron chi connectivity index (χ3n) is 3.59. The third kappa shape index (κ3) is 3.91. The highest BCUT2D eigenvalue weighted by atomic mass is 32.1. The molecule has 1 aromatic rings. The highest BCUT2D eigenvalue weighted by Gasteiger charge is 2.29. The van der Waals surface area contributed by atoms with Gasteiger partial charge in [-0.3, -0.25) is 4.90 Å². The maximum absolute atomic E-state index is 5.77. The molecule has 1 aliphatic heterocycles. The molecule has 110 valence electrons. The summed E-state index contributed by atoms with van der Waals surface area (Å²) in [7, 11) is 0. The number of benzene rings is 1. The molecule has 5 heteroatoms. The number of ether oxygens (including phenoxy) is 2. The Morgan fingerprint density at radius 1 is 1.40 bits per heavy atom. The van der Waals surface area contributed by atoms with Crippen molar-refractivity contribution in [3.63, 3.8) is 0 Å². The number of hydrogen-bond donors (Lipinski definition) is 1. The predicted octanol–water partition coefficient (Wildman–Crippen LogP) is 1.81. The fraction of sp³-hybridized carbons (Fsp3) is 0.533. The number of nitrogens with zero attached hydrogens (tertiary/aromatic N) is 1. The lowest BCUT2D eigenvalue weighted by Crippen LogP contribution is -2.54. The van der Waals surface area contributed by atoms with Crippen LogP contribution in [0, 0.1) is 0 Å². The molecule has 0 aliphatic carbocycles. The number of morpholine rings is 1. The molecule has 0 amide bonds. The fourth-order valence-electron chi connectivity index (χ4n) is 2.29. The first kappa shape index (κ1) is 15.2. The zero-order chi connectivity index (χ0) is 14.6. The van der Waals surface area contributed by atoms with E-state index in [2.05, 4.69) is 18.7 Å². The minimum Gasteiger partial charge on any atom is -0.492 e. The third-order valence-corrected chi connectivity index (χ3v) is 3.82. The largest absolute Gasteiger partial charge is 0.492 e. The van der Waals surface area contributed by atoms with Crippen molar-refractivity contribution in [2.75, 3.05) is 32.9 Å². The van der Waals surface area contributed by atoms with E-state index in [4.69, 9.17) is 27.4 Å². The smallest absolute Gasteiger partial charge is 0.119 e. The Kier molecular flexibility index (Phi) is 4.96. The van der Waals surface area contributed by atoms with E-state index >= 15 is 0 Å². The SMILES string of the molecule is CC1(C)COCCN1CCOc1ccc(C(N)=S)cc1. The minimum atomic E-state index is 0.0806. The van der Waals surface area contributed by atoms with Crippen LogP contribution in [0.3, 0.4) is 0 Å². The van der Waals surface area contributed by atoms with Gasteiger partial charge in [0, 0.05) is 24.2 Å². The second-order valence-corrected chi connectivity index (χ2v) is 6.03. The van der Waals surface area contributed by atoms with Crippen LogP contribution in [0.1, 0.15) is 19.4 Å². The van der Waals surface area contributed by atoms with Crippen LogP contribution in [0.4, 0.5) is 0 Å². The molecule has 1 aromatic carbocycles. The topological polar surface area (TPSA) is 47.7 Å². The van der Waals surface area contributed by atoms with Gasteiger partial charge in [-0.1, -0.05) is 12.2 Å². The first-order valence-corrected chi connectivity index (χ1v) is 7.25. The van der Waals surface area contributed by atoms with Crippen molar-refractivity contribution in [3.8, 4) is 5.75 Å². The number of thiocarbonyl (C=S) groups is 1. The highest BCUT2D eigenvalue weighted by molar-refractivity contribution is 7.80. The van der Waals surface area contributed by atoms with Crippen LogP contribution < -0.4 is 10.5 Å². The molecule has 0 unspecified atom stereocenters. The first-order chi connectivity index (χ1) is 9.49. The quantitative estimate of drug-likeness (QED) is 0.839. The molecule has 1 aliphatic rings. The number of nitrogens with two attached hydrogens (primary N) is 1. The molecule has 0 radical (unpaired) electrons. The van der Waals surface area contributed by atoms with Gasteiger partial charge in [0.05, 0.1) is 13.2 Å². The molecule has 2 N–H and O–H groups in total. The summed E-state index contributed by atoms with van der Waals surface area (Å²) in [6.45, 7) is 8.48. The molecule has 2 rings (SSSR count). The fourth-order valence-corrected chi connectivity index (χ4v) is 2.43. The van der Waals surface area contributed by atoms with E-state index in [0.29, 0.717) is 11.6 Å². The van der Waals surface area contributed by atoms with Crippen LogP contribution in [0.5, 0.6) is 5.75 Å². The monoisotopic (exact) mass is 294 g/mol. The van der Waals surface area contributed by atoms with Crippen LogP contribution in [-0.4, -0.2) is 48.3 Å². The lowest BCUT2D eigenvalue weighted by molar-refractivity contribution is -0.0547. The van der Waals surface area contributed by atoms with Gasteiger partial charge in [0.2, 0.25) is 0 Å². The summed E-state index contributed by atoms with van der Waals surface area (Å²) in [6.07, 6.45) is 0. The maximum atomic E-state index is 5.77. The molecule has 0 atom stereocenters. The molecule has 1 saturated heterocycles. The van der Waals surface area contributed by atoms with Gasteiger partial charge >= 0.3 is 0 Å². The van der Waals surface area contributed by atoms with Crippen molar-refractivity contribution in [3.05, 3.63) is 29.8 Å². The van der Waals surface area contributed by atoms with Gasteiger partial charge < -0.3 is 15.2 Å². The summed E-state index contributed by atoms with van der Waals surface area (Å²) in [4.78, 5) is 2.81. The summed E-state index contributed by atoms with van der Waals surface area (Å²) < 4.78 is 11.3. The predicted molar refractivity (Wildman–Crippen MR) is 84.3 cm³/mol. The standard InChI is InChI=1S/C15H22N2O2S/c1-15(2)11-18-9-7-17(15)8-10-19-13-5-3-12(4-6-13)14(16)20/h3-6H,7-11H2,1-2H3,(H2,16,20). The Hall–Kier alpha value is -1.17. The summed E-state index contributed by atoms with van der Waals surface area (Å²) in [5.74, 6) is 0.844. The van der Waals surface area contributed by atoms with Gasteiger partial charge in [0.1, 0.15) is 17.3 Å². The number of rotatable bonds is 5. The molecule has 0 bridgehead atoms. The molecular formula is C15H22N2O2S. The van der Waals surface area contributed by atoms with Crippen LogP contribution in [-0.2, 0) is 4.74 Å². The van der Waals surface area contributed by atoms with Gasteiger partial charge in [-0.25, -0.2) is 0 Å². The number of hydrogen-bond acceptors (Lipinski definition) is 4. The minimum absolute atomic E-state index is 0.0806. The molecule has 0 spiro atoms. The van der Waals surface area contributed by atoms with E-state index in [-0.39, 0.29) is 5.54 Å². The van der Waals surface area contributed by atoms with Crippen molar-refractivity contribution >= 4 is 17.2 Å². The Balaban J connectivity index is 1.82. The van der Waals surface area contributed by atoms with E-state index in [1.54, 1.807) is 0 Å². The van der Waals surface area contributed by atoms with E-state index in [1.807, 2.05) is 24.3 Å². The van der Waals surface area contributed by atoms with Crippen LogP contribution >= 0.6 is 12.2 Å². The van der Waals surface area contributed by atoms with Gasteiger partial charge in [0.25, 0.3) is 0 Å². The summed E-state index contributed by atoms with van der Waals surface area (Å²) >= 11 is 4.92. The molecule has 0 saturated carbocycles. The Labute approximate surface area is 125 Å². The maximum Gasteiger partial charge on any atom is 0.119 e. The van der Waals surface area contributed by atoms with Crippen molar-refractivity contribution < 1.29 is 9.47 Å². The second-order valence-electron chi connectivity index (χ2n) is 5.59. The van der Waals surface area contributed by atoms with E-state index in [0.717, 1.165) is 37.6 Å². The summed E-state index contributed by atoms with van der Waals surface area (Å²) in [6, 6.07) is 7.57. The first-order valence-electron chi connectivity index (χ1n) is 6.84. The molecule has 0 aromatic heterocycles. The van der Waals surface area contributed by atoms with Crippen LogP contribution in [0.15, 0.2) is 24.3 Å².